The zero-order valence-electron chi connectivity index (χ0n) is 21.9. The van der Waals surface area contributed by atoms with Crippen LogP contribution in [-0.4, -0.2) is 47.3 Å². The second kappa shape index (κ2) is 10.7. The molecule has 3 fully saturated rings. The van der Waals surface area contributed by atoms with Crippen molar-refractivity contribution < 1.29 is 24.3 Å². The second-order valence-corrected chi connectivity index (χ2v) is 12.7. The van der Waals surface area contributed by atoms with Gasteiger partial charge in [0.2, 0.25) is 17.7 Å². The molecule has 3 atom stereocenters. The number of amides is 3. The Morgan fingerprint density at radius 3 is 2.46 bits per heavy atom. The molecule has 2 saturated carbocycles. The van der Waals surface area contributed by atoms with E-state index in [9.17, 15) is 24.3 Å². The fourth-order valence-electron chi connectivity index (χ4n) is 6.85. The van der Waals surface area contributed by atoms with Gasteiger partial charge in [-0.05, 0) is 94.1 Å². The maximum atomic E-state index is 14.0. The fraction of sp³-hybridized carbons (Fsp3) is 0.655. The Morgan fingerprint density at radius 2 is 1.78 bits per heavy atom. The zero-order chi connectivity index (χ0) is 26.3. The van der Waals surface area contributed by atoms with Gasteiger partial charge in [-0.15, -0.1) is 11.3 Å². The Labute approximate surface area is 222 Å². The Hall–Kier alpha value is -2.48. The summed E-state index contributed by atoms with van der Waals surface area (Å²) < 4.78 is 0. The first-order valence-corrected chi connectivity index (χ1v) is 14.8. The standard InChI is InChI=1S/C29H38N2O5S/c1-17-8-11-20(12-9-17)26(32)31(16-18-10-13-21-22(14-18)28(34)30(2)27(21)33)23-15-24(37-25(23)29(35)36)19-6-4-3-5-7-19/h6,15,17-18,20-22H,3-5,7-14,16H2,1-2H3,(H,35,36). The van der Waals surface area contributed by atoms with E-state index in [0.717, 1.165) is 62.7 Å². The summed E-state index contributed by atoms with van der Waals surface area (Å²) in [5.41, 5.74) is 1.69. The maximum Gasteiger partial charge on any atom is 0.348 e. The van der Waals surface area contributed by atoms with Crippen LogP contribution in [0.2, 0.25) is 0 Å². The van der Waals surface area contributed by atoms with E-state index < -0.39 is 5.97 Å². The molecule has 1 saturated heterocycles. The van der Waals surface area contributed by atoms with Gasteiger partial charge in [-0.25, -0.2) is 4.79 Å². The highest BCUT2D eigenvalue weighted by molar-refractivity contribution is 7.15. The van der Waals surface area contributed by atoms with E-state index in [0.29, 0.717) is 31.0 Å². The molecule has 1 aliphatic heterocycles. The molecule has 3 unspecified atom stereocenters. The summed E-state index contributed by atoms with van der Waals surface area (Å²) in [6.45, 7) is 2.62. The van der Waals surface area contributed by atoms with Gasteiger partial charge in [0, 0.05) is 24.4 Å². The first kappa shape index (κ1) is 26.1. The minimum atomic E-state index is -1.00. The molecule has 7 nitrogen and oxygen atoms in total. The Balaban J connectivity index is 1.45. The molecule has 1 N–H and O–H groups in total. The van der Waals surface area contributed by atoms with Crippen molar-refractivity contribution in [3.05, 3.63) is 21.9 Å². The van der Waals surface area contributed by atoms with E-state index in [4.69, 9.17) is 0 Å². The lowest BCUT2D eigenvalue weighted by molar-refractivity contribution is -0.138. The van der Waals surface area contributed by atoms with E-state index in [2.05, 4.69) is 13.0 Å². The number of carbonyl (C=O) groups is 4. The molecule has 8 heteroatoms. The highest BCUT2D eigenvalue weighted by Gasteiger charge is 2.49. The van der Waals surface area contributed by atoms with Crippen molar-refractivity contribution in [1.29, 1.82) is 0 Å². The van der Waals surface area contributed by atoms with Crippen LogP contribution in [0.5, 0.6) is 0 Å². The largest absolute Gasteiger partial charge is 0.477 e. The molecule has 5 rings (SSSR count). The lowest BCUT2D eigenvalue weighted by Gasteiger charge is -2.36. The SMILES string of the molecule is CC1CCC(C(=O)N(CC2CCC3C(=O)N(C)C(=O)C3C2)c2cc(C3=CCCCC3)sc2C(=O)O)CC1. The normalized spacial score (nSPS) is 30.2. The Morgan fingerprint density at radius 1 is 1.05 bits per heavy atom. The van der Waals surface area contributed by atoms with Crippen molar-refractivity contribution in [3.8, 4) is 0 Å². The van der Waals surface area contributed by atoms with E-state index >= 15 is 0 Å². The van der Waals surface area contributed by atoms with Crippen LogP contribution >= 0.6 is 11.3 Å². The van der Waals surface area contributed by atoms with Crippen molar-refractivity contribution in [2.45, 2.75) is 77.6 Å². The van der Waals surface area contributed by atoms with Gasteiger partial charge in [-0.1, -0.05) is 13.0 Å². The van der Waals surface area contributed by atoms with E-state index in [1.54, 1.807) is 11.9 Å². The van der Waals surface area contributed by atoms with Crippen LogP contribution < -0.4 is 4.90 Å². The van der Waals surface area contributed by atoms with Gasteiger partial charge in [0.1, 0.15) is 4.88 Å². The smallest absolute Gasteiger partial charge is 0.348 e. The van der Waals surface area contributed by atoms with Crippen molar-refractivity contribution >= 4 is 46.3 Å². The number of allylic oxidation sites excluding steroid dienone is 2. The summed E-state index contributed by atoms with van der Waals surface area (Å²) in [7, 11) is 1.56. The number of hydrogen-bond donors (Lipinski definition) is 1. The van der Waals surface area contributed by atoms with Gasteiger partial charge in [0.05, 0.1) is 17.5 Å². The monoisotopic (exact) mass is 526 g/mol. The van der Waals surface area contributed by atoms with E-state index in [1.165, 1.54) is 21.8 Å². The average molecular weight is 527 g/mol. The third kappa shape index (κ3) is 5.14. The predicted molar refractivity (Wildman–Crippen MR) is 143 cm³/mol. The van der Waals surface area contributed by atoms with Crippen LogP contribution in [-0.2, 0) is 14.4 Å². The lowest BCUT2D eigenvalue weighted by Crippen LogP contribution is -2.43. The Bertz CT molecular complexity index is 1120. The van der Waals surface area contributed by atoms with Crippen LogP contribution in [0, 0.1) is 29.6 Å². The van der Waals surface area contributed by atoms with E-state index in [-0.39, 0.29) is 46.3 Å². The topological polar surface area (TPSA) is 95.0 Å². The van der Waals surface area contributed by atoms with Crippen molar-refractivity contribution in [1.82, 2.24) is 4.90 Å². The number of imide groups is 1. The van der Waals surface area contributed by atoms with Crippen molar-refractivity contribution in [3.63, 3.8) is 0 Å². The number of nitrogens with zero attached hydrogens (tertiary/aromatic N) is 2. The van der Waals surface area contributed by atoms with Crippen LogP contribution in [0.3, 0.4) is 0 Å². The summed E-state index contributed by atoms with van der Waals surface area (Å²) >= 11 is 1.28. The van der Waals surface area contributed by atoms with Gasteiger partial charge in [-0.2, -0.15) is 0 Å². The van der Waals surface area contributed by atoms with Crippen LogP contribution in [0.15, 0.2) is 12.1 Å². The molecule has 3 aliphatic carbocycles. The maximum absolute atomic E-state index is 14.0. The average Bonchev–Trinajstić information content (AvgIpc) is 3.44. The highest BCUT2D eigenvalue weighted by Crippen LogP contribution is 2.43. The molecule has 4 aliphatic rings. The molecule has 1 aromatic heterocycles. The number of likely N-dealkylation sites (tertiary alicyclic amines) is 1. The number of carbonyl (C=O) groups excluding carboxylic acids is 3. The van der Waals surface area contributed by atoms with Crippen molar-refractivity contribution in [2.75, 3.05) is 18.5 Å². The van der Waals surface area contributed by atoms with Gasteiger partial charge in [-0.3, -0.25) is 19.3 Å². The van der Waals surface area contributed by atoms with Gasteiger partial charge >= 0.3 is 5.97 Å². The third-order valence-electron chi connectivity index (χ3n) is 9.13. The summed E-state index contributed by atoms with van der Waals surface area (Å²) in [5, 5.41) is 10.1. The first-order chi connectivity index (χ1) is 17.7. The Kier molecular flexibility index (Phi) is 7.57. The minimum Gasteiger partial charge on any atom is -0.477 e. The van der Waals surface area contributed by atoms with Crippen molar-refractivity contribution in [2.24, 2.45) is 29.6 Å². The molecule has 0 aromatic carbocycles. The molecule has 0 radical (unpaired) electrons. The minimum absolute atomic E-state index is 0.0180. The molecule has 3 amide bonds. The second-order valence-electron chi connectivity index (χ2n) is 11.6. The van der Waals surface area contributed by atoms with Crippen LogP contribution in [0.4, 0.5) is 5.69 Å². The summed E-state index contributed by atoms with van der Waals surface area (Å²) in [6, 6.07) is 1.93. The molecule has 2 heterocycles. The van der Waals surface area contributed by atoms with Gasteiger partial charge in [0.15, 0.2) is 0 Å². The number of rotatable bonds is 6. The molecule has 37 heavy (non-hydrogen) atoms. The molecule has 200 valence electrons. The number of carboxylic acid groups (broad SMARTS) is 1. The highest BCUT2D eigenvalue weighted by atomic mass is 32.1. The zero-order valence-corrected chi connectivity index (χ0v) is 22.7. The molecular formula is C29H38N2O5S. The number of fused-ring (bicyclic) bond motifs is 1. The van der Waals surface area contributed by atoms with Gasteiger partial charge in [0.25, 0.3) is 0 Å². The molecular weight excluding hydrogens is 488 g/mol. The number of hydrogen-bond acceptors (Lipinski definition) is 5. The first-order valence-electron chi connectivity index (χ1n) is 13.9. The summed E-state index contributed by atoms with van der Waals surface area (Å²) in [4.78, 5) is 55.8. The van der Waals surface area contributed by atoms with Crippen LogP contribution in [0.25, 0.3) is 5.57 Å². The van der Waals surface area contributed by atoms with E-state index in [1.807, 2.05) is 6.07 Å². The predicted octanol–water partition coefficient (Wildman–Crippen LogP) is 5.59. The van der Waals surface area contributed by atoms with Crippen LogP contribution in [0.1, 0.15) is 92.1 Å². The summed E-state index contributed by atoms with van der Waals surface area (Å²) in [5.74, 6) is -1.21. The quantitative estimate of drug-likeness (QED) is 0.487. The van der Waals surface area contributed by atoms with Gasteiger partial charge < -0.3 is 10.0 Å². The molecule has 1 aromatic rings. The third-order valence-corrected chi connectivity index (χ3v) is 10.3. The molecule has 0 bridgehead atoms. The number of aromatic carboxylic acids is 1. The number of carboxylic acids is 1. The fourth-order valence-corrected chi connectivity index (χ4v) is 7.91. The number of thiophene rings is 1. The molecule has 0 spiro atoms. The summed E-state index contributed by atoms with van der Waals surface area (Å²) in [6.07, 6.45) is 12.0. The number of anilines is 1. The lowest BCUT2D eigenvalue weighted by atomic mass is 9.75.